The third kappa shape index (κ3) is 2.53. The van der Waals surface area contributed by atoms with Gasteiger partial charge in [0.05, 0.1) is 18.0 Å². The van der Waals surface area contributed by atoms with Gasteiger partial charge in [0, 0.05) is 11.8 Å². The second kappa shape index (κ2) is 5.25. The maximum atomic E-state index is 9.76. The van der Waals surface area contributed by atoms with Gasteiger partial charge in [-0.3, -0.25) is 0 Å². The highest BCUT2D eigenvalue weighted by atomic mass is 16.3. The first-order chi connectivity index (χ1) is 10.4. The summed E-state index contributed by atoms with van der Waals surface area (Å²) in [5.74, 6) is 0. The monoisotopic (exact) mass is 294 g/mol. The number of pyridine rings is 1. The fraction of sp³-hybridized carbons (Fsp3) is 0.316. The van der Waals surface area contributed by atoms with E-state index in [1.807, 2.05) is 29.7 Å². The molecule has 0 aliphatic rings. The Morgan fingerprint density at radius 2 is 1.77 bits per heavy atom. The van der Waals surface area contributed by atoms with Gasteiger partial charge >= 0.3 is 0 Å². The molecule has 0 saturated carbocycles. The predicted octanol–water partition coefficient (Wildman–Crippen LogP) is 4.10. The van der Waals surface area contributed by atoms with Crippen molar-refractivity contribution in [2.24, 2.45) is 0 Å². The van der Waals surface area contributed by atoms with Crippen molar-refractivity contribution in [3.63, 3.8) is 0 Å². The molecule has 0 saturated heterocycles. The van der Waals surface area contributed by atoms with Gasteiger partial charge in [-0.2, -0.15) is 0 Å². The minimum atomic E-state index is -0.0272. The lowest BCUT2D eigenvalue weighted by molar-refractivity contribution is 0.276. The lowest BCUT2D eigenvalue weighted by Crippen LogP contribution is -2.10. The highest BCUT2D eigenvalue weighted by molar-refractivity contribution is 5.67. The number of hydrogen-bond acceptors (Lipinski definition) is 2. The minimum absolute atomic E-state index is 0.0272. The summed E-state index contributed by atoms with van der Waals surface area (Å²) in [6.07, 6.45) is 1.97. The molecule has 0 atom stereocenters. The van der Waals surface area contributed by atoms with E-state index in [9.17, 15) is 5.11 Å². The van der Waals surface area contributed by atoms with Crippen LogP contribution in [0.2, 0.25) is 0 Å². The number of nitrogens with zero attached hydrogens (tertiary/aromatic N) is 2. The van der Waals surface area contributed by atoms with Crippen molar-refractivity contribution in [1.82, 2.24) is 9.38 Å². The fourth-order valence-electron chi connectivity index (χ4n) is 2.71. The molecule has 0 radical (unpaired) electrons. The number of benzene rings is 1. The van der Waals surface area contributed by atoms with E-state index in [2.05, 4.69) is 45.0 Å². The number of rotatable bonds is 2. The number of aryl methyl sites for hydroxylation is 1. The average molecular weight is 294 g/mol. The Labute approximate surface area is 131 Å². The van der Waals surface area contributed by atoms with Crippen LogP contribution < -0.4 is 0 Å². The van der Waals surface area contributed by atoms with Crippen LogP contribution >= 0.6 is 0 Å². The molecule has 22 heavy (non-hydrogen) atoms. The van der Waals surface area contributed by atoms with E-state index in [4.69, 9.17) is 4.98 Å². The number of aromatic nitrogens is 2. The minimum Gasteiger partial charge on any atom is -0.390 e. The molecule has 0 aliphatic heterocycles. The van der Waals surface area contributed by atoms with E-state index in [0.29, 0.717) is 0 Å². The molecule has 1 N–H and O–H groups in total. The van der Waals surface area contributed by atoms with Crippen molar-refractivity contribution < 1.29 is 5.11 Å². The third-order valence-corrected chi connectivity index (χ3v) is 4.05. The van der Waals surface area contributed by atoms with Crippen molar-refractivity contribution in [2.45, 2.75) is 39.7 Å². The lowest BCUT2D eigenvalue weighted by Gasteiger charge is -2.19. The Kier molecular flexibility index (Phi) is 3.53. The molecular formula is C19H22N2O. The largest absolute Gasteiger partial charge is 0.390 e. The van der Waals surface area contributed by atoms with Crippen LogP contribution in [0.25, 0.3) is 16.9 Å². The maximum Gasteiger partial charge on any atom is 0.138 e. The molecule has 3 rings (SSSR count). The topological polar surface area (TPSA) is 37.5 Å². The third-order valence-electron chi connectivity index (χ3n) is 4.05. The zero-order valence-corrected chi connectivity index (χ0v) is 13.6. The number of imidazole rings is 1. The second-order valence-corrected chi connectivity index (χ2v) is 6.82. The van der Waals surface area contributed by atoms with Gasteiger partial charge in [0.1, 0.15) is 5.65 Å². The van der Waals surface area contributed by atoms with Crippen LogP contribution in [0.3, 0.4) is 0 Å². The molecule has 3 aromatic rings. The van der Waals surface area contributed by atoms with E-state index >= 15 is 0 Å². The van der Waals surface area contributed by atoms with Crippen LogP contribution in [0, 0.1) is 6.92 Å². The molecule has 2 heterocycles. The first kappa shape index (κ1) is 14.8. The first-order valence-electron chi connectivity index (χ1n) is 7.59. The zero-order valence-electron chi connectivity index (χ0n) is 13.6. The molecule has 114 valence electrons. The smallest absolute Gasteiger partial charge is 0.138 e. The highest BCUT2D eigenvalue weighted by Crippen LogP contribution is 2.28. The van der Waals surface area contributed by atoms with Crippen LogP contribution in [-0.2, 0) is 12.0 Å². The van der Waals surface area contributed by atoms with E-state index < -0.39 is 0 Å². The number of hydrogen-bond donors (Lipinski definition) is 1. The molecule has 0 bridgehead atoms. The van der Waals surface area contributed by atoms with Crippen molar-refractivity contribution in [3.05, 3.63) is 59.4 Å². The summed E-state index contributed by atoms with van der Waals surface area (Å²) in [7, 11) is 0. The number of aliphatic hydroxyl groups excluding tert-OH is 1. The van der Waals surface area contributed by atoms with Gasteiger partial charge < -0.3 is 9.51 Å². The van der Waals surface area contributed by atoms with Gasteiger partial charge in [0.15, 0.2) is 0 Å². The van der Waals surface area contributed by atoms with E-state index in [0.717, 1.165) is 28.2 Å². The maximum absolute atomic E-state index is 9.76. The molecule has 0 amide bonds. The van der Waals surface area contributed by atoms with Crippen LogP contribution in [0.15, 0.2) is 42.6 Å². The molecule has 1 aromatic carbocycles. The lowest BCUT2D eigenvalue weighted by atomic mass is 9.86. The SMILES string of the molecule is Cc1ccn2c(CO)c(-c3ccc(C(C)(C)C)cc3)nc2c1. The molecule has 3 nitrogen and oxygen atoms in total. The fourth-order valence-corrected chi connectivity index (χ4v) is 2.71. The summed E-state index contributed by atoms with van der Waals surface area (Å²) in [5, 5.41) is 9.76. The van der Waals surface area contributed by atoms with Crippen molar-refractivity contribution >= 4 is 5.65 Å². The number of aliphatic hydroxyl groups is 1. The van der Waals surface area contributed by atoms with Gasteiger partial charge in [-0.05, 0) is 35.6 Å². The zero-order chi connectivity index (χ0) is 15.9. The standard InChI is InChI=1S/C19H22N2O/c1-13-9-10-21-16(12-22)18(20-17(21)11-13)14-5-7-15(8-6-14)19(2,3)4/h5-11,22H,12H2,1-4H3. The summed E-state index contributed by atoms with van der Waals surface area (Å²) in [6, 6.07) is 12.5. The second-order valence-electron chi connectivity index (χ2n) is 6.82. The Morgan fingerprint density at radius 1 is 1.09 bits per heavy atom. The summed E-state index contributed by atoms with van der Waals surface area (Å²) in [6.45, 7) is 8.63. The van der Waals surface area contributed by atoms with Crippen LogP contribution in [0.4, 0.5) is 0 Å². The van der Waals surface area contributed by atoms with Crippen LogP contribution in [-0.4, -0.2) is 14.5 Å². The molecule has 0 fully saturated rings. The van der Waals surface area contributed by atoms with Crippen molar-refractivity contribution in [1.29, 1.82) is 0 Å². The predicted molar refractivity (Wildman–Crippen MR) is 90.0 cm³/mol. The average Bonchev–Trinajstić information content (AvgIpc) is 2.84. The van der Waals surface area contributed by atoms with E-state index in [-0.39, 0.29) is 12.0 Å². The molecule has 3 heteroatoms. The Morgan fingerprint density at radius 3 is 2.36 bits per heavy atom. The summed E-state index contributed by atoms with van der Waals surface area (Å²) in [5.41, 5.74) is 6.19. The number of fused-ring (bicyclic) bond motifs is 1. The Hall–Kier alpha value is -2.13. The Bertz CT molecular complexity index is 808. The molecular weight excluding hydrogens is 272 g/mol. The van der Waals surface area contributed by atoms with Crippen LogP contribution in [0.5, 0.6) is 0 Å². The van der Waals surface area contributed by atoms with E-state index in [1.54, 1.807) is 0 Å². The quantitative estimate of drug-likeness (QED) is 0.772. The summed E-state index contributed by atoms with van der Waals surface area (Å²) >= 11 is 0. The first-order valence-corrected chi connectivity index (χ1v) is 7.59. The molecule has 0 spiro atoms. The Balaban J connectivity index is 2.13. The van der Waals surface area contributed by atoms with Crippen molar-refractivity contribution in [2.75, 3.05) is 0 Å². The molecule has 2 aromatic heterocycles. The summed E-state index contributed by atoms with van der Waals surface area (Å²) in [4.78, 5) is 4.71. The van der Waals surface area contributed by atoms with Gasteiger partial charge in [0.25, 0.3) is 0 Å². The van der Waals surface area contributed by atoms with Gasteiger partial charge in [0.2, 0.25) is 0 Å². The van der Waals surface area contributed by atoms with Gasteiger partial charge in [-0.15, -0.1) is 0 Å². The molecule has 0 aliphatic carbocycles. The van der Waals surface area contributed by atoms with Crippen LogP contribution in [0.1, 0.15) is 37.6 Å². The van der Waals surface area contributed by atoms with E-state index in [1.165, 1.54) is 5.56 Å². The summed E-state index contributed by atoms with van der Waals surface area (Å²) < 4.78 is 1.96. The highest BCUT2D eigenvalue weighted by Gasteiger charge is 2.16. The van der Waals surface area contributed by atoms with Crippen molar-refractivity contribution in [3.8, 4) is 11.3 Å². The normalized spacial score (nSPS) is 12.0. The van der Waals surface area contributed by atoms with Gasteiger partial charge in [-0.1, -0.05) is 45.0 Å². The molecule has 0 unspecified atom stereocenters. The van der Waals surface area contributed by atoms with Gasteiger partial charge in [-0.25, -0.2) is 4.98 Å².